The maximum absolute atomic E-state index is 13.9. The molecule has 2 saturated heterocycles. The second-order valence-electron chi connectivity index (χ2n) is 10.2. The first-order valence-corrected chi connectivity index (χ1v) is 13.1. The number of piperazine rings is 1. The number of nitrogens with zero attached hydrogens (tertiary/aromatic N) is 2. The number of nitrogens with one attached hydrogen (secondary N) is 1. The molecule has 1 spiro atoms. The summed E-state index contributed by atoms with van der Waals surface area (Å²) in [6.45, 7) is 2.44. The zero-order valence-corrected chi connectivity index (χ0v) is 20.5. The summed E-state index contributed by atoms with van der Waals surface area (Å²) >= 11 is 6.04. The summed E-state index contributed by atoms with van der Waals surface area (Å²) in [5.74, 6) is 0.159. The van der Waals surface area contributed by atoms with Crippen molar-refractivity contribution in [2.24, 2.45) is 0 Å². The van der Waals surface area contributed by atoms with Crippen LogP contribution in [-0.4, -0.2) is 52.3 Å². The van der Waals surface area contributed by atoms with Crippen LogP contribution in [0, 0.1) is 0 Å². The average Bonchev–Trinajstić information content (AvgIpc) is 2.87. The normalized spacial score (nSPS) is 23.8. The molecule has 180 valence electrons. The standard InChI is InChI=1S/C28H34ClN3O2/c29-23-13-11-22(12-14-23)20-31-17-15-28(16-18-31)27(34)30-25(19-21-7-3-1-4-8-21)26(33)32(28)24-9-5-2-6-10-24/h1,3-4,7-8,11-14,24-25H,2,5-6,9-10,15-20H2,(H,30,34). The fourth-order valence-electron chi connectivity index (χ4n) is 6.10. The van der Waals surface area contributed by atoms with Gasteiger partial charge in [-0.25, -0.2) is 0 Å². The van der Waals surface area contributed by atoms with Crippen LogP contribution in [0.2, 0.25) is 5.02 Å². The summed E-state index contributed by atoms with van der Waals surface area (Å²) in [6, 6.07) is 17.7. The van der Waals surface area contributed by atoms with Gasteiger partial charge in [0.15, 0.2) is 0 Å². The zero-order valence-electron chi connectivity index (χ0n) is 19.7. The number of amides is 2. The highest BCUT2D eigenvalue weighted by atomic mass is 35.5. The van der Waals surface area contributed by atoms with E-state index in [0.29, 0.717) is 19.3 Å². The molecule has 1 unspecified atom stereocenters. The molecule has 1 saturated carbocycles. The first-order chi connectivity index (χ1) is 16.5. The fourth-order valence-corrected chi connectivity index (χ4v) is 6.22. The Balaban J connectivity index is 1.35. The van der Waals surface area contributed by atoms with E-state index in [9.17, 15) is 9.59 Å². The van der Waals surface area contributed by atoms with Crippen LogP contribution in [0.1, 0.15) is 56.1 Å². The van der Waals surface area contributed by atoms with Crippen LogP contribution >= 0.6 is 11.6 Å². The minimum atomic E-state index is -0.719. The van der Waals surface area contributed by atoms with Crippen molar-refractivity contribution in [3.8, 4) is 0 Å². The van der Waals surface area contributed by atoms with E-state index in [4.69, 9.17) is 11.6 Å². The molecular weight excluding hydrogens is 446 g/mol. The van der Waals surface area contributed by atoms with Crippen molar-refractivity contribution in [2.75, 3.05) is 13.1 Å². The highest BCUT2D eigenvalue weighted by Crippen LogP contribution is 2.39. The summed E-state index contributed by atoms with van der Waals surface area (Å²) in [7, 11) is 0. The van der Waals surface area contributed by atoms with E-state index in [-0.39, 0.29) is 17.9 Å². The maximum atomic E-state index is 13.9. The highest BCUT2D eigenvalue weighted by molar-refractivity contribution is 6.30. The maximum Gasteiger partial charge on any atom is 0.246 e. The predicted octanol–water partition coefficient (Wildman–Crippen LogP) is 4.58. The van der Waals surface area contributed by atoms with E-state index in [1.165, 1.54) is 12.0 Å². The van der Waals surface area contributed by atoms with Gasteiger partial charge in [-0.05, 0) is 48.9 Å². The van der Waals surface area contributed by atoms with Gasteiger partial charge < -0.3 is 10.2 Å². The van der Waals surface area contributed by atoms with Gasteiger partial charge in [0.2, 0.25) is 11.8 Å². The molecule has 6 heteroatoms. The lowest BCUT2D eigenvalue weighted by Crippen LogP contribution is -2.75. The minimum absolute atomic E-state index is 0.0461. The molecule has 2 aromatic carbocycles. The molecule has 5 nitrogen and oxygen atoms in total. The third kappa shape index (κ3) is 4.73. The second kappa shape index (κ2) is 10.1. The summed E-state index contributed by atoms with van der Waals surface area (Å²) in [5, 5.41) is 3.89. The van der Waals surface area contributed by atoms with Gasteiger partial charge in [0, 0.05) is 37.1 Å². The van der Waals surface area contributed by atoms with Crippen LogP contribution in [0.3, 0.4) is 0 Å². The van der Waals surface area contributed by atoms with Crippen LogP contribution in [0.5, 0.6) is 0 Å². The van der Waals surface area contributed by atoms with Crippen LogP contribution in [0.15, 0.2) is 54.6 Å². The molecule has 3 fully saturated rings. The van der Waals surface area contributed by atoms with E-state index in [1.807, 2.05) is 42.5 Å². The molecule has 1 N–H and O–H groups in total. The molecule has 2 heterocycles. The molecule has 0 aromatic heterocycles. The first-order valence-electron chi connectivity index (χ1n) is 12.7. The smallest absolute Gasteiger partial charge is 0.246 e. The highest BCUT2D eigenvalue weighted by Gasteiger charge is 2.55. The van der Waals surface area contributed by atoms with Crippen molar-refractivity contribution in [1.82, 2.24) is 15.1 Å². The number of carbonyl (C=O) groups is 2. The summed E-state index contributed by atoms with van der Waals surface area (Å²) in [6.07, 6.45) is 7.43. The topological polar surface area (TPSA) is 52.7 Å². The number of hydrogen-bond donors (Lipinski definition) is 1. The molecule has 1 aliphatic carbocycles. The zero-order chi connectivity index (χ0) is 23.5. The summed E-state index contributed by atoms with van der Waals surface area (Å²) in [4.78, 5) is 32.1. The number of rotatable bonds is 5. The van der Waals surface area contributed by atoms with Crippen molar-refractivity contribution in [3.63, 3.8) is 0 Å². The van der Waals surface area contributed by atoms with Gasteiger partial charge in [-0.15, -0.1) is 0 Å². The molecule has 0 bridgehead atoms. The molecule has 2 aliphatic heterocycles. The van der Waals surface area contributed by atoms with Crippen LogP contribution < -0.4 is 5.32 Å². The van der Waals surface area contributed by atoms with Gasteiger partial charge in [0.05, 0.1) is 0 Å². The molecule has 1 atom stereocenters. The Morgan fingerprint density at radius 2 is 1.56 bits per heavy atom. The lowest BCUT2D eigenvalue weighted by Gasteiger charge is -2.55. The lowest BCUT2D eigenvalue weighted by molar-refractivity contribution is -0.166. The molecule has 2 amide bonds. The molecule has 34 heavy (non-hydrogen) atoms. The first kappa shape index (κ1) is 23.4. The number of likely N-dealkylation sites (tertiary alicyclic amines) is 1. The van der Waals surface area contributed by atoms with Crippen LogP contribution in [0.25, 0.3) is 0 Å². The molecule has 5 rings (SSSR count). The predicted molar refractivity (Wildman–Crippen MR) is 134 cm³/mol. The van der Waals surface area contributed by atoms with Gasteiger partial charge in [-0.1, -0.05) is 73.3 Å². The summed E-state index contributed by atoms with van der Waals surface area (Å²) < 4.78 is 0. The van der Waals surface area contributed by atoms with Gasteiger partial charge in [-0.3, -0.25) is 14.5 Å². The van der Waals surface area contributed by atoms with Crippen LogP contribution in [0.4, 0.5) is 0 Å². The average molecular weight is 480 g/mol. The number of benzene rings is 2. The van der Waals surface area contributed by atoms with Gasteiger partial charge in [0.1, 0.15) is 11.6 Å². The number of piperidine rings is 1. The Labute approximate surface area is 207 Å². The Bertz CT molecular complexity index is 996. The van der Waals surface area contributed by atoms with Gasteiger partial charge in [0.25, 0.3) is 0 Å². The Morgan fingerprint density at radius 1 is 0.882 bits per heavy atom. The quantitative estimate of drug-likeness (QED) is 0.683. The molecular formula is C28H34ClN3O2. The van der Waals surface area contributed by atoms with Gasteiger partial charge in [-0.2, -0.15) is 0 Å². The lowest BCUT2D eigenvalue weighted by atomic mass is 9.78. The Morgan fingerprint density at radius 3 is 2.24 bits per heavy atom. The second-order valence-corrected chi connectivity index (χ2v) is 10.6. The van der Waals surface area contributed by atoms with E-state index in [2.05, 4.69) is 27.2 Å². The third-order valence-corrected chi connectivity index (χ3v) is 8.20. The van der Waals surface area contributed by atoms with E-state index in [1.54, 1.807) is 0 Å². The van der Waals surface area contributed by atoms with Crippen LogP contribution in [-0.2, 0) is 22.6 Å². The Hall–Kier alpha value is -2.37. The largest absolute Gasteiger partial charge is 0.342 e. The molecule has 0 radical (unpaired) electrons. The molecule has 3 aliphatic rings. The third-order valence-electron chi connectivity index (χ3n) is 7.95. The van der Waals surface area contributed by atoms with Gasteiger partial charge >= 0.3 is 0 Å². The monoisotopic (exact) mass is 479 g/mol. The van der Waals surface area contributed by atoms with E-state index >= 15 is 0 Å². The number of hydrogen-bond acceptors (Lipinski definition) is 3. The van der Waals surface area contributed by atoms with Crippen molar-refractivity contribution < 1.29 is 9.59 Å². The van der Waals surface area contributed by atoms with E-state index < -0.39 is 11.6 Å². The number of carbonyl (C=O) groups excluding carboxylic acids is 2. The van der Waals surface area contributed by atoms with Crippen molar-refractivity contribution >= 4 is 23.4 Å². The van der Waals surface area contributed by atoms with Crippen molar-refractivity contribution in [1.29, 1.82) is 0 Å². The van der Waals surface area contributed by atoms with Crippen molar-refractivity contribution in [3.05, 3.63) is 70.7 Å². The SMILES string of the molecule is O=C1C(Cc2ccccc2)NC(=O)C2(CCN(Cc3ccc(Cl)cc3)CC2)N1C1CCCCC1. The van der Waals surface area contributed by atoms with Crippen molar-refractivity contribution in [2.45, 2.75) is 75.5 Å². The summed E-state index contributed by atoms with van der Waals surface area (Å²) in [5.41, 5.74) is 1.58. The fraction of sp³-hybridized carbons (Fsp3) is 0.500. The number of halogens is 1. The molecule has 2 aromatic rings. The Kier molecular flexibility index (Phi) is 6.94. The van der Waals surface area contributed by atoms with E-state index in [0.717, 1.165) is 55.9 Å². The minimum Gasteiger partial charge on any atom is -0.342 e.